The molecule has 0 bridgehead atoms. The van der Waals surface area contributed by atoms with Crippen molar-refractivity contribution in [1.29, 1.82) is 0 Å². The van der Waals surface area contributed by atoms with E-state index in [1.54, 1.807) is 11.3 Å². The van der Waals surface area contributed by atoms with E-state index in [4.69, 9.17) is 5.73 Å². The quantitative estimate of drug-likeness (QED) is 0.862. The number of hydrogen-bond acceptors (Lipinski definition) is 6. The van der Waals surface area contributed by atoms with Crippen LogP contribution >= 0.6 is 22.9 Å². The summed E-state index contributed by atoms with van der Waals surface area (Å²) in [5, 5.41) is 8.91. The molecule has 0 saturated heterocycles. The van der Waals surface area contributed by atoms with E-state index < -0.39 is 0 Å². The van der Waals surface area contributed by atoms with Gasteiger partial charge in [0.05, 0.1) is 16.7 Å². The van der Waals surface area contributed by atoms with Gasteiger partial charge >= 0.3 is 0 Å². The van der Waals surface area contributed by atoms with Crippen LogP contribution in [0.15, 0.2) is 10.8 Å². The second-order valence-electron chi connectivity index (χ2n) is 3.02. The second-order valence-corrected chi connectivity index (χ2v) is 4.58. The van der Waals surface area contributed by atoms with Crippen LogP contribution in [0, 0.1) is 6.92 Å². The van der Waals surface area contributed by atoms with Crippen LogP contribution in [0.2, 0.25) is 0 Å². The van der Waals surface area contributed by atoms with Gasteiger partial charge in [0.25, 0.3) is 0 Å². The fourth-order valence-electron chi connectivity index (χ4n) is 1.12. The first-order chi connectivity index (χ1) is 6.75. The molecule has 0 radical (unpaired) electrons. The molecule has 0 aromatic carbocycles. The summed E-state index contributed by atoms with van der Waals surface area (Å²) in [6.45, 7) is 1.98. The monoisotopic (exact) mass is 226 g/mol. The van der Waals surface area contributed by atoms with E-state index in [0.29, 0.717) is 0 Å². The minimum Gasteiger partial charge on any atom is -0.322 e. The number of nitrogens with two attached hydrogens (primary N) is 1. The van der Waals surface area contributed by atoms with Gasteiger partial charge in [-0.15, -0.1) is 16.4 Å². The van der Waals surface area contributed by atoms with Crippen molar-refractivity contribution in [2.75, 3.05) is 0 Å². The van der Waals surface area contributed by atoms with Crippen molar-refractivity contribution in [3.63, 3.8) is 0 Å². The van der Waals surface area contributed by atoms with Crippen LogP contribution in [0.5, 0.6) is 0 Å². The van der Waals surface area contributed by atoms with E-state index in [-0.39, 0.29) is 6.04 Å². The molecule has 0 fully saturated rings. The predicted molar refractivity (Wildman–Crippen MR) is 57.4 cm³/mol. The summed E-state index contributed by atoms with van der Waals surface area (Å²) in [6, 6.07) is -0.0840. The van der Waals surface area contributed by atoms with Gasteiger partial charge in [-0.25, -0.2) is 4.98 Å². The molecule has 6 heteroatoms. The highest BCUT2D eigenvalue weighted by Crippen LogP contribution is 2.17. The molecule has 2 N–H and O–H groups in total. The van der Waals surface area contributed by atoms with E-state index in [2.05, 4.69) is 14.6 Å². The van der Waals surface area contributed by atoms with Gasteiger partial charge in [-0.3, -0.25) is 0 Å². The number of aryl methyl sites for hydroxylation is 1. The van der Waals surface area contributed by atoms with Crippen LogP contribution in [-0.2, 0) is 6.42 Å². The summed E-state index contributed by atoms with van der Waals surface area (Å²) in [5.41, 5.74) is 7.85. The molecular weight excluding hydrogens is 216 g/mol. The maximum atomic E-state index is 5.95. The van der Waals surface area contributed by atoms with Gasteiger partial charge in [-0.1, -0.05) is 4.49 Å². The highest BCUT2D eigenvalue weighted by molar-refractivity contribution is 7.09. The molecule has 2 aromatic rings. The lowest BCUT2D eigenvalue weighted by molar-refractivity contribution is 0.688. The third-order valence-corrected chi connectivity index (χ3v) is 3.33. The summed E-state index contributed by atoms with van der Waals surface area (Å²) in [7, 11) is 0. The molecule has 0 amide bonds. The highest BCUT2D eigenvalue weighted by Gasteiger charge is 2.11. The summed E-state index contributed by atoms with van der Waals surface area (Å²) >= 11 is 2.96. The topological polar surface area (TPSA) is 64.7 Å². The van der Waals surface area contributed by atoms with E-state index in [0.717, 1.165) is 22.8 Å². The van der Waals surface area contributed by atoms with Gasteiger partial charge in [-0.2, -0.15) is 0 Å². The molecule has 0 aliphatic carbocycles. The van der Waals surface area contributed by atoms with Crippen LogP contribution in [0.25, 0.3) is 0 Å². The Bertz CT molecular complexity index is 395. The van der Waals surface area contributed by atoms with Crippen molar-refractivity contribution in [2.24, 2.45) is 5.73 Å². The van der Waals surface area contributed by atoms with Crippen molar-refractivity contribution >= 4 is 22.9 Å². The first-order valence-corrected chi connectivity index (χ1v) is 5.91. The molecule has 2 rings (SSSR count). The Morgan fingerprint density at radius 2 is 2.36 bits per heavy atom. The third kappa shape index (κ3) is 2.14. The van der Waals surface area contributed by atoms with Gasteiger partial charge in [0.15, 0.2) is 0 Å². The molecule has 1 unspecified atom stereocenters. The lowest BCUT2D eigenvalue weighted by Crippen LogP contribution is -2.13. The van der Waals surface area contributed by atoms with Crippen LogP contribution < -0.4 is 5.73 Å². The van der Waals surface area contributed by atoms with Gasteiger partial charge in [-0.05, 0) is 18.5 Å². The van der Waals surface area contributed by atoms with Crippen molar-refractivity contribution in [3.05, 3.63) is 27.2 Å². The van der Waals surface area contributed by atoms with Crippen molar-refractivity contribution in [2.45, 2.75) is 19.4 Å². The normalized spacial score (nSPS) is 13.0. The minimum absolute atomic E-state index is 0.0840. The molecular formula is C8H10N4S2. The Kier molecular flexibility index (Phi) is 2.85. The Balaban J connectivity index is 2.05. The second kappa shape index (κ2) is 4.12. The molecule has 0 saturated carbocycles. The van der Waals surface area contributed by atoms with Gasteiger partial charge in [0.2, 0.25) is 0 Å². The number of nitrogens with zero attached hydrogens (tertiary/aromatic N) is 3. The number of rotatable bonds is 3. The van der Waals surface area contributed by atoms with Gasteiger partial charge in [0, 0.05) is 22.9 Å². The highest BCUT2D eigenvalue weighted by atomic mass is 32.1. The van der Waals surface area contributed by atoms with E-state index >= 15 is 0 Å². The van der Waals surface area contributed by atoms with Crippen LogP contribution in [0.4, 0.5) is 0 Å². The fraction of sp³-hybridized carbons (Fsp3) is 0.375. The molecule has 2 aromatic heterocycles. The molecule has 14 heavy (non-hydrogen) atoms. The van der Waals surface area contributed by atoms with Crippen LogP contribution in [0.3, 0.4) is 0 Å². The number of hydrogen-bond donors (Lipinski definition) is 1. The Hall–Kier alpha value is -0.850. The summed E-state index contributed by atoms with van der Waals surface area (Å²) in [5.74, 6) is 0. The maximum Gasteiger partial charge on any atom is 0.0947 e. The molecule has 74 valence electrons. The van der Waals surface area contributed by atoms with Crippen molar-refractivity contribution in [3.8, 4) is 0 Å². The lowest BCUT2D eigenvalue weighted by atomic mass is 10.2. The Labute approximate surface area is 90.0 Å². The van der Waals surface area contributed by atoms with Crippen LogP contribution in [0.1, 0.15) is 22.4 Å². The van der Waals surface area contributed by atoms with E-state index in [1.165, 1.54) is 11.5 Å². The maximum absolute atomic E-state index is 5.95. The first kappa shape index (κ1) is 9.70. The summed E-state index contributed by atoms with van der Waals surface area (Å²) in [6.07, 6.45) is 0.740. The van der Waals surface area contributed by atoms with Gasteiger partial charge < -0.3 is 5.73 Å². The van der Waals surface area contributed by atoms with Crippen LogP contribution in [-0.4, -0.2) is 14.6 Å². The number of thiazole rings is 1. The first-order valence-electron chi connectivity index (χ1n) is 4.19. The van der Waals surface area contributed by atoms with E-state index in [1.807, 2.05) is 17.7 Å². The molecule has 4 nitrogen and oxygen atoms in total. The average Bonchev–Trinajstić information content (AvgIpc) is 2.75. The minimum atomic E-state index is -0.0840. The molecule has 0 aliphatic heterocycles. The molecule has 1 atom stereocenters. The molecule has 0 spiro atoms. The van der Waals surface area contributed by atoms with E-state index in [9.17, 15) is 0 Å². The smallest absolute Gasteiger partial charge is 0.0947 e. The summed E-state index contributed by atoms with van der Waals surface area (Å²) in [4.78, 5) is 4.35. The Morgan fingerprint density at radius 1 is 1.50 bits per heavy atom. The van der Waals surface area contributed by atoms with Crippen molar-refractivity contribution in [1.82, 2.24) is 14.6 Å². The summed E-state index contributed by atoms with van der Waals surface area (Å²) < 4.78 is 3.78. The van der Waals surface area contributed by atoms with Gasteiger partial charge in [0.1, 0.15) is 0 Å². The SMILES string of the molecule is Cc1csc(CC(N)c2csnn2)n1. The lowest BCUT2D eigenvalue weighted by Gasteiger charge is -2.04. The zero-order valence-electron chi connectivity index (χ0n) is 7.67. The average molecular weight is 226 g/mol. The molecule has 0 aliphatic rings. The molecule has 2 heterocycles. The Morgan fingerprint density at radius 3 is 2.93 bits per heavy atom. The zero-order valence-corrected chi connectivity index (χ0v) is 9.31. The number of aromatic nitrogens is 3. The predicted octanol–water partition coefficient (Wildman–Crippen LogP) is 1.55. The standard InChI is InChI=1S/C8H10N4S2/c1-5-3-13-8(10-5)2-6(9)7-4-14-12-11-7/h3-4,6H,2,9H2,1H3. The fourth-order valence-corrected chi connectivity index (χ4v) is 2.47. The third-order valence-electron chi connectivity index (χ3n) is 1.82. The zero-order chi connectivity index (χ0) is 9.97. The largest absolute Gasteiger partial charge is 0.322 e. The van der Waals surface area contributed by atoms with Crippen molar-refractivity contribution < 1.29 is 0 Å².